The SMILES string of the molecule is CCCCCCCC(Oc1ccc(-c2nc[c]cn2)cc1)[SiH](C)C. The van der Waals surface area contributed by atoms with Crippen molar-refractivity contribution in [2.24, 2.45) is 0 Å². The van der Waals surface area contributed by atoms with Gasteiger partial charge in [0.15, 0.2) is 5.82 Å². The van der Waals surface area contributed by atoms with Gasteiger partial charge in [0, 0.05) is 24.0 Å². The summed E-state index contributed by atoms with van der Waals surface area (Å²) in [5.41, 5.74) is 1.43. The summed E-state index contributed by atoms with van der Waals surface area (Å²) in [5.74, 6) is 1.69. The lowest BCUT2D eigenvalue weighted by Crippen LogP contribution is -2.30. The standard InChI is InChI=1S/C20H29N2OSi/c1-4-5-6-7-8-10-19(24(2)3)23-18-13-11-17(12-14-18)20-21-15-9-16-22-20/h11-16,19,24H,4-8,10H2,1-3H3. The predicted molar refractivity (Wildman–Crippen MR) is 103 cm³/mol. The molecule has 1 heterocycles. The first-order valence-corrected chi connectivity index (χ1v) is 12.1. The summed E-state index contributed by atoms with van der Waals surface area (Å²) in [6, 6.07) is 11.0. The van der Waals surface area contributed by atoms with E-state index in [4.69, 9.17) is 4.74 Å². The molecule has 2 aromatic rings. The van der Waals surface area contributed by atoms with E-state index in [1.165, 1.54) is 38.5 Å². The highest BCUT2D eigenvalue weighted by Gasteiger charge is 2.16. The summed E-state index contributed by atoms with van der Waals surface area (Å²) < 4.78 is 6.29. The fourth-order valence-corrected chi connectivity index (χ4v) is 4.08. The van der Waals surface area contributed by atoms with E-state index in [-0.39, 0.29) is 0 Å². The Morgan fingerprint density at radius 2 is 1.67 bits per heavy atom. The van der Waals surface area contributed by atoms with Crippen molar-refractivity contribution in [3.63, 3.8) is 0 Å². The molecule has 0 N–H and O–H groups in total. The molecule has 0 fully saturated rings. The third-order valence-corrected chi connectivity index (χ3v) is 6.22. The van der Waals surface area contributed by atoms with E-state index in [2.05, 4.69) is 36.1 Å². The summed E-state index contributed by atoms with van der Waals surface area (Å²) in [5, 5.41) is 0. The van der Waals surface area contributed by atoms with Crippen LogP contribution in [0.5, 0.6) is 5.75 Å². The van der Waals surface area contributed by atoms with Gasteiger partial charge < -0.3 is 4.74 Å². The normalized spacial score (nSPS) is 12.3. The van der Waals surface area contributed by atoms with Gasteiger partial charge in [0.2, 0.25) is 0 Å². The molecule has 4 heteroatoms. The van der Waals surface area contributed by atoms with Crippen LogP contribution in [0.25, 0.3) is 11.4 Å². The second-order valence-corrected chi connectivity index (χ2v) is 9.87. The number of unbranched alkanes of at least 4 members (excludes halogenated alkanes) is 4. The molecule has 129 valence electrons. The van der Waals surface area contributed by atoms with Crippen LogP contribution < -0.4 is 4.74 Å². The Hall–Kier alpha value is -1.68. The highest BCUT2D eigenvalue weighted by atomic mass is 28.3. The molecule has 1 atom stereocenters. The zero-order chi connectivity index (χ0) is 17.2. The van der Waals surface area contributed by atoms with Gasteiger partial charge in [-0.15, -0.1) is 0 Å². The monoisotopic (exact) mass is 341 g/mol. The topological polar surface area (TPSA) is 35.0 Å². The molecule has 0 amide bonds. The van der Waals surface area contributed by atoms with Crippen LogP contribution in [0.2, 0.25) is 13.1 Å². The van der Waals surface area contributed by atoms with Gasteiger partial charge in [-0.2, -0.15) is 0 Å². The minimum atomic E-state index is -0.837. The van der Waals surface area contributed by atoms with Crippen molar-refractivity contribution >= 4 is 8.80 Å². The smallest absolute Gasteiger partial charge is 0.159 e. The van der Waals surface area contributed by atoms with Crippen LogP contribution in [-0.4, -0.2) is 24.5 Å². The minimum Gasteiger partial charge on any atom is -0.494 e. The van der Waals surface area contributed by atoms with Gasteiger partial charge in [-0.3, -0.25) is 0 Å². The lowest BCUT2D eigenvalue weighted by Gasteiger charge is -2.22. The first-order valence-electron chi connectivity index (χ1n) is 9.16. The van der Waals surface area contributed by atoms with Crippen molar-refractivity contribution < 1.29 is 4.74 Å². The van der Waals surface area contributed by atoms with Crippen molar-refractivity contribution in [3.8, 4) is 17.1 Å². The van der Waals surface area contributed by atoms with Crippen molar-refractivity contribution in [2.75, 3.05) is 0 Å². The van der Waals surface area contributed by atoms with Crippen molar-refractivity contribution in [2.45, 2.75) is 64.3 Å². The number of nitrogens with zero attached hydrogens (tertiary/aromatic N) is 2. The Bertz CT molecular complexity index is 572. The van der Waals surface area contributed by atoms with Crippen molar-refractivity contribution in [1.82, 2.24) is 9.97 Å². The van der Waals surface area contributed by atoms with Crippen LogP contribution in [0.15, 0.2) is 36.7 Å². The Kier molecular flexibility index (Phi) is 7.96. The summed E-state index contributed by atoms with van der Waals surface area (Å²) in [6.45, 7) is 7.01. The lowest BCUT2D eigenvalue weighted by molar-refractivity contribution is 0.257. The molecule has 0 aliphatic carbocycles. The Morgan fingerprint density at radius 1 is 1.00 bits per heavy atom. The van der Waals surface area contributed by atoms with Gasteiger partial charge in [0.1, 0.15) is 5.75 Å². The van der Waals surface area contributed by atoms with Gasteiger partial charge in [0.05, 0.1) is 14.5 Å². The molecule has 0 spiro atoms. The quantitative estimate of drug-likeness (QED) is 0.446. The molecule has 0 bridgehead atoms. The van der Waals surface area contributed by atoms with E-state index in [9.17, 15) is 0 Å². The summed E-state index contributed by atoms with van der Waals surface area (Å²) in [6.07, 6.45) is 11.1. The zero-order valence-corrected chi connectivity index (χ0v) is 16.3. The van der Waals surface area contributed by atoms with Crippen LogP contribution in [-0.2, 0) is 0 Å². The largest absolute Gasteiger partial charge is 0.494 e. The summed E-state index contributed by atoms with van der Waals surface area (Å²) in [4.78, 5) is 8.46. The zero-order valence-electron chi connectivity index (χ0n) is 15.2. The van der Waals surface area contributed by atoms with E-state index >= 15 is 0 Å². The Morgan fingerprint density at radius 3 is 2.29 bits per heavy atom. The molecule has 1 radical (unpaired) electrons. The average Bonchev–Trinajstić information content (AvgIpc) is 2.61. The molecule has 0 aliphatic rings. The van der Waals surface area contributed by atoms with Gasteiger partial charge in [-0.1, -0.05) is 52.1 Å². The number of benzene rings is 1. The molecule has 1 unspecified atom stereocenters. The second-order valence-electron chi connectivity index (χ2n) is 6.63. The number of rotatable bonds is 10. The molecular weight excluding hydrogens is 312 g/mol. The van der Waals surface area contributed by atoms with Gasteiger partial charge in [0.25, 0.3) is 0 Å². The van der Waals surface area contributed by atoms with Crippen molar-refractivity contribution in [3.05, 3.63) is 42.7 Å². The number of ether oxygens (including phenoxy) is 1. The lowest BCUT2D eigenvalue weighted by atomic mass is 10.1. The minimum absolute atomic E-state index is 0.417. The highest BCUT2D eigenvalue weighted by Crippen LogP contribution is 2.21. The number of aromatic nitrogens is 2. The number of hydrogen-bond donors (Lipinski definition) is 0. The third-order valence-electron chi connectivity index (χ3n) is 4.26. The fraction of sp³-hybridized carbons (Fsp3) is 0.500. The van der Waals surface area contributed by atoms with E-state index in [1.807, 2.05) is 24.3 Å². The molecule has 1 aromatic carbocycles. The predicted octanol–water partition coefficient (Wildman–Crippen LogP) is 5.08. The van der Waals surface area contributed by atoms with Crippen LogP contribution >= 0.6 is 0 Å². The van der Waals surface area contributed by atoms with E-state index in [0.717, 1.165) is 17.1 Å². The van der Waals surface area contributed by atoms with Crippen LogP contribution in [0, 0.1) is 6.07 Å². The maximum atomic E-state index is 6.29. The first-order chi connectivity index (χ1) is 11.7. The van der Waals surface area contributed by atoms with Gasteiger partial charge in [-0.05, 0) is 30.7 Å². The van der Waals surface area contributed by atoms with Crippen LogP contribution in [0.4, 0.5) is 0 Å². The fourth-order valence-electron chi connectivity index (χ4n) is 2.75. The molecule has 0 saturated heterocycles. The maximum absolute atomic E-state index is 6.29. The Balaban J connectivity index is 1.89. The Labute approximate surface area is 148 Å². The highest BCUT2D eigenvalue weighted by molar-refractivity contribution is 6.57. The molecular formula is C20H29N2OSi. The molecule has 1 aromatic heterocycles. The van der Waals surface area contributed by atoms with Gasteiger partial charge >= 0.3 is 0 Å². The third kappa shape index (κ3) is 6.08. The maximum Gasteiger partial charge on any atom is 0.159 e. The molecule has 2 rings (SSSR count). The molecule has 0 aliphatic heterocycles. The molecule has 0 saturated carbocycles. The second kappa shape index (κ2) is 10.2. The summed E-state index contributed by atoms with van der Waals surface area (Å²) in [7, 11) is -0.837. The molecule has 3 nitrogen and oxygen atoms in total. The van der Waals surface area contributed by atoms with E-state index in [0.29, 0.717) is 5.73 Å². The van der Waals surface area contributed by atoms with Crippen LogP contribution in [0.1, 0.15) is 45.4 Å². The first kappa shape index (κ1) is 18.7. The van der Waals surface area contributed by atoms with E-state index < -0.39 is 8.80 Å². The number of hydrogen-bond acceptors (Lipinski definition) is 3. The van der Waals surface area contributed by atoms with Crippen molar-refractivity contribution in [1.29, 1.82) is 0 Å². The van der Waals surface area contributed by atoms with Gasteiger partial charge in [-0.25, -0.2) is 9.97 Å². The van der Waals surface area contributed by atoms with E-state index in [1.54, 1.807) is 12.4 Å². The molecule has 24 heavy (non-hydrogen) atoms. The average molecular weight is 342 g/mol. The summed E-state index contributed by atoms with van der Waals surface area (Å²) >= 11 is 0. The van der Waals surface area contributed by atoms with Crippen LogP contribution in [0.3, 0.4) is 0 Å².